The van der Waals surface area contributed by atoms with Crippen molar-refractivity contribution in [3.63, 3.8) is 0 Å². The third-order valence-electron chi connectivity index (χ3n) is 4.60. The molecule has 1 saturated heterocycles. The largest absolute Gasteiger partial charge is 0.497 e. The standard InChI is InChI=1S/C20H20N4O2/c1-26-17-8-6-16(7-9-17)24-19(15-5-4-10-21-14-15)13-18(22-24)20(25)23-11-2-3-12-23/h4-10,13-14H,2-3,11-12H2,1H3. The lowest BCUT2D eigenvalue weighted by molar-refractivity contribution is 0.0786. The van der Waals surface area contributed by atoms with Gasteiger partial charge in [-0.1, -0.05) is 0 Å². The minimum Gasteiger partial charge on any atom is -0.497 e. The van der Waals surface area contributed by atoms with E-state index in [1.165, 1.54) is 0 Å². The summed E-state index contributed by atoms with van der Waals surface area (Å²) in [5, 5.41) is 4.61. The Labute approximate surface area is 152 Å². The first-order valence-electron chi connectivity index (χ1n) is 8.70. The number of aromatic nitrogens is 3. The molecular weight excluding hydrogens is 328 g/mol. The maximum atomic E-state index is 12.8. The first-order chi connectivity index (χ1) is 12.8. The number of carbonyl (C=O) groups excluding carboxylic acids is 1. The number of carbonyl (C=O) groups is 1. The fraction of sp³-hybridized carbons (Fsp3) is 0.250. The molecule has 0 saturated carbocycles. The van der Waals surface area contributed by atoms with Gasteiger partial charge in [0.2, 0.25) is 0 Å². The lowest BCUT2D eigenvalue weighted by atomic mass is 10.2. The molecule has 1 aromatic carbocycles. The minimum atomic E-state index is -0.0140. The summed E-state index contributed by atoms with van der Waals surface area (Å²) in [7, 11) is 1.64. The van der Waals surface area contributed by atoms with Crippen LogP contribution in [0.2, 0.25) is 0 Å². The van der Waals surface area contributed by atoms with Crippen LogP contribution >= 0.6 is 0 Å². The van der Waals surface area contributed by atoms with Crippen LogP contribution in [-0.4, -0.2) is 45.8 Å². The molecule has 0 aliphatic carbocycles. The number of rotatable bonds is 4. The van der Waals surface area contributed by atoms with E-state index in [0.717, 1.165) is 48.6 Å². The van der Waals surface area contributed by atoms with Crippen molar-refractivity contribution >= 4 is 5.91 Å². The normalized spacial score (nSPS) is 13.8. The van der Waals surface area contributed by atoms with Crippen LogP contribution in [0.15, 0.2) is 54.9 Å². The van der Waals surface area contributed by atoms with E-state index >= 15 is 0 Å². The highest BCUT2D eigenvalue weighted by Gasteiger charge is 2.24. The van der Waals surface area contributed by atoms with Crippen LogP contribution in [-0.2, 0) is 0 Å². The van der Waals surface area contributed by atoms with Crippen LogP contribution in [0.4, 0.5) is 0 Å². The molecule has 0 unspecified atom stereocenters. The average molecular weight is 348 g/mol. The van der Waals surface area contributed by atoms with Crippen molar-refractivity contribution in [1.29, 1.82) is 0 Å². The van der Waals surface area contributed by atoms with Crippen molar-refractivity contribution in [2.24, 2.45) is 0 Å². The molecule has 0 bridgehead atoms. The molecule has 1 aliphatic rings. The lowest BCUT2D eigenvalue weighted by Gasteiger charge is -2.12. The molecule has 1 aliphatic heterocycles. The maximum Gasteiger partial charge on any atom is 0.274 e. The molecule has 0 atom stereocenters. The summed E-state index contributed by atoms with van der Waals surface area (Å²) in [5.41, 5.74) is 3.08. The van der Waals surface area contributed by atoms with E-state index in [1.54, 1.807) is 24.2 Å². The van der Waals surface area contributed by atoms with Crippen molar-refractivity contribution in [1.82, 2.24) is 19.7 Å². The van der Waals surface area contributed by atoms with Crippen molar-refractivity contribution in [3.8, 4) is 22.7 Å². The summed E-state index contributed by atoms with van der Waals surface area (Å²) >= 11 is 0. The van der Waals surface area contributed by atoms with E-state index in [0.29, 0.717) is 5.69 Å². The third kappa shape index (κ3) is 3.06. The number of likely N-dealkylation sites (tertiary alicyclic amines) is 1. The molecule has 26 heavy (non-hydrogen) atoms. The van der Waals surface area contributed by atoms with Gasteiger partial charge in [-0.15, -0.1) is 0 Å². The highest BCUT2D eigenvalue weighted by molar-refractivity contribution is 5.93. The predicted octanol–water partition coefficient (Wildman–Crippen LogP) is 3.18. The van der Waals surface area contributed by atoms with E-state index in [2.05, 4.69) is 10.1 Å². The Morgan fingerprint density at radius 2 is 1.88 bits per heavy atom. The van der Waals surface area contributed by atoms with Gasteiger partial charge in [-0.05, 0) is 55.3 Å². The third-order valence-corrected chi connectivity index (χ3v) is 4.60. The second kappa shape index (κ2) is 7.00. The second-order valence-electron chi connectivity index (χ2n) is 6.27. The summed E-state index contributed by atoms with van der Waals surface area (Å²) in [5.74, 6) is 0.761. The summed E-state index contributed by atoms with van der Waals surface area (Å²) in [6.07, 6.45) is 5.62. The van der Waals surface area contributed by atoms with E-state index in [1.807, 2.05) is 47.4 Å². The summed E-state index contributed by atoms with van der Waals surface area (Å²) in [4.78, 5) is 18.9. The first kappa shape index (κ1) is 16.3. The fourth-order valence-corrected chi connectivity index (χ4v) is 3.21. The molecular formula is C20H20N4O2. The van der Waals surface area contributed by atoms with Gasteiger partial charge in [-0.25, -0.2) is 4.68 Å². The maximum absolute atomic E-state index is 12.8. The van der Waals surface area contributed by atoms with E-state index < -0.39 is 0 Å². The Kier molecular flexibility index (Phi) is 4.39. The number of benzene rings is 1. The smallest absolute Gasteiger partial charge is 0.274 e. The van der Waals surface area contributed by atoms with E-state index in [-0.39, 0.29) is 5.91 Å². The van der Waals surface area contributed by atoms with Crippen molar-refractivity contribution in [3.05, 3.63) is 60.6 Å². The zero-order chi connectivity index (χ0) is 17.9. The first-order valence-corrected chi connectivity index (χ1v) is 8.70. The Balaban J connectivity index is 1.78. The summed E-state index contributed by atoms with van der Waals surface area (Å²) in [6.45, 7) is 1.60. The van der Waals surface area contributed by atoms with Crippen LogP contribution < -0.4 is 4.74 Å². The van der Waals surface area contributed by atoms with Gasteiger partial charge in [0.05, 0.1) is 18.5 Å². The Morgan fingerprint density at radius 1 is 1.12 bits per heavy atom. The van der Waals surface area contributed by atoms with Gasteiger partial charge in [-0.3, -0.25) is 9.78 Å². The van der Waals surface area contributed by atoms with Crippen LogP contribution in [0.5, 0.6) is 5.75 Å². The van der Waals surface area contributed by atoms with Gasteiger partial charge in [0.25, 0.3) is 5.91 Å². The summed E-state index contributed by atoms with van der Waals surface area (Å²) in [6, 6.07) is 13.3. The van der Waals surface area contributed by atoms with Crippen LogP contribution in [0.1, 0.15) is 23.3 Å². The fourth-order valence-electron chi connectivity index (χ4n) is 3.21. The van der Waals surface area contributed by atoms with Gasteiger partial charge in [0.1, 0.15) is 5.75 Å². The number of amides is 1. The Morgan fingerprint density at radius 3 is 2.54 bits per heavy atom. The molecule has 0 spiro atoms. The monoisotopic (exact) mass is 348 g/mol. The van der Waals surface area contributed by atoms with Crippen LogP contribution in [0.25, 0.3) is 16.9 Å². The molecule has 3 aromatic rings. The van der Waals surface area contributed by atoms with E-state index in [4.69, 9.17) is 4.74 Å². The highest BCUT2D eigenvalue weighted by atomic mass is 16.5. The number of hydrogen-bond donors (Lipinski definition) is 0. The van der Waals surface area contributed by atoms with Gasteiger partial charge in [0, 0.05) is 31.0 Å². The molecule has 3 heterocycles. The average Bonchev–Trinajstić information content (AvgIpc) is 3.38. The molecule has 1 amide bonds. The number of pyridine rings is 1. The van der Waals surface area contributed by atoms with Gasteiger partial charge < -0.3 is 9.64 Å². The highest BCUT2D eigenvalue weighted by Crippen LogP contribution is 2.25. The van der Waals surface area contributed by atoms with E-state index in [9.17, 15) is 4.79 Å². The molecule has 1 fully saturated rings. The molecule has 6 heteroatoms. The number of methoxy groups -OCH3 is 1. The van der Waals surface area contributed by atoms with Crippen molar-refractivity contribution in [2.75, 3.05) is 20.2 Å². The van der Waals surface area contributed by atoms with Crippen LogP contribution in [0, 0.1) is 0 Å². The topological polar surface area (TPSA) is 60.3 Å². The lowest BCUT2D eigenvalue weighted by Crippen LogP contribution is -2.28. The predicted molar refractivity (Wildman–Crippen MR) is 98.5 cm³/mol. The second-order valence-corrected chi connectivity index (χ2v) is 6.27. The quantitative estimate of drug-likeness (QED) is 0.726. The SMILES string of the molecule is COc1ccc(-n2nc(C(=O)N3CCCC3)cc2-c2cccnc2)cc1. The minimum absolute atomic E-state index is 0.0140. The Bertz CT molecular complexity index is 897. The van der Waals surface area contributed by atoms with Gasteiger partial charge >= 0.3 is 0 Å². The Hall–Kier alpha value is -3.15. The van der Waals surface area contributed by atoms with Crippen molar-refractivity contribution < 1.29 is 9.53 Å². The van der Waals surface area contributed by atoms with Gasteiger partial charge in [-0.2, -0.15) is 5.10 Å². The zero-order valence-corrected chi connectivity index (χ0v) is 14.6. The van der Waals surface area contributed by atoms with Crippen molar-refractivity contribution in [2.45, 2.75) is 12.8 Å². The van der Waals surface area contributed by atoms with Gasteiger partial charge in [0.15, 0.2) is 5.69 Å². The number of ether oxygens (including phenoxy) is 1. The zero-order valence-electron chi connectivity index (χ0n) is 14.6. The molecule has 0 N–H and O–H groups in total. The number of hydrogen-bond acceptors (Lipinski definition) is 4. The molecule has 2 aromatic heterocycles. The van der Waals surface area contributed by atoms with Crippen LogP contribution in [0.3, 0.4) is 0 Å². The molecule has 6 nitrogen and oxygen atoms in total. The molecule has 132 valence electrons. The summed E-state index contributed by atoms with van der Waals surface area (Å²) < 4.78 is 7.02. The molecule has 4 rings (SSSR count). The molecule has 0 radical (unpaired) electrons. The number of nitrogens with zero attached hydrogens (tertiary/aromatic N) is 4.